The molecule has 6 rings (SSSR count). The zero-order valence-electron chi connectivity index (χ0n) is 24.6. The summed E-state index contributed by atoms with van der Waals surface area (Å²) in [4.78, 5) is 41.7. The number of aliphatic carboxylic acids is 1. The van der Waals surface area contributed by atoms with E-state index < -0.39 is 18.1 Å². The summed E-state index contributed by atoms with van der Waals surface area (Å²) in [5.41, 5.74) is 10.2. The van der Waals surface area contributed by atoms with Gasteiger partial charge in [0.05, 0.1) is 18.5 Å². The standard InChI is InChI=1S/C30H28N6O3.C2HF3O2/c1-39-24-14-12-23(13-15-24)36-28-26(27(33-36)29(31)37)32-19-35(30(28)38)22-10-8-20(9-11-22)25-7-3-2-6-21(25)18-34-16-4-5-17-34;3-2(4,5)1(6)7/h2-3,6-15,19H,4-5,16-18H2,1H3,(H2,31,37);(H,6,7). The summed E-state index contributed by atoms with van der Waals surface area (Å²) in [6.45, 7) is 3.20. The number of rotatable bonds is 7. The normalized spacial score (nSPS) is 13.3. The second kappa shape index (κ2) is 13.2. The summed E-state index contributed by atoms with van der Waals surface area (Å²) in [6, 6.07) is 23.3. The minimum atomic E-state index is -5.08. The first-order valence-electron chi connectivity index (χ1n) is 14.1. The molecule has 0 bridgehead atoms. The average Bonchev–Trinajstić information content (AvgIpc) is 3.70. The molecule has 0 spiro atoms. The maximum Gasteiger partial charge on any atom is 0.490 e. The average molecular weight is 635 g/mol. The van der Waals surface area contributed by atoms with Crippen molar-refractivity contribution >= 4 is 22.9 Å². The van der Waals surface area contributed by atoms with Crippen LogP contribution in [-0.2, 0) is 11.3 Å². The van der Waals surface area contributed by atoms with Crippen molar-refractivity contribution in [3.63, 3.8) is 0 Å². The van der Waals surface area contributed by atoms with E-state index in [4.69, 9.17) is 20.4 Å². The number of carboxylic acid groups (broad SMARTS) is 1. The molecule has 2 aromatic heterocycles. The van der Waals surface area contributed by atoms with Crippen LogP contribution < -0.4 is 16.0 Å². The Balaban J connectivity index is 0.000000537. The quantitative estimate of drug-likeness (QED) is 0.265. The van der Waals surface area contributed by atoms with Crippen LogP contribution in [0.15, 0.2) is 83.9 Å². The van der Waals surface area contributed by atoms with E-state index in [2.05, 4.69) is 39.2 Å². The van der Waals surface area contributed by atoms with Gasteiger partial charge in [-0.15, -0.1) is 0 Å². The molecule has 1 aliphatic rings. The first-order valence-corrected chi connectivity index (χ1v) is 14.1. The van der Waals surface area contributed by atoms with E-state index in [1.54, 1.807) is 31.4 Å². The van der Waals surface area contributed by atoms with Gasteiger partial charge in [0.1, 0.15) is 17.6 Å². The first-order chi connectivity index (χ1) is 22.0. The van der Waals surface area contributed by atoms with Crippen LogP contribution in [0.5, 0.6) is 5.75 Å². The minimum Gasteiger partial charge on any atom is -0.497 e. The number of halogens is 3. The van der Waals surface area contributed by atoms with Gasteiger partial charge in [0.15, 0.2) is 11.2 Å². The lowest BCUT2D eigenvalue weighted by molar-refractivity contribution is -0.192. The Hall–Kier alpha value is -5.50. The van der Waals surface area contributed by atoms with Crippen LogP contribution in [0.25, 0.3) is 33.5 Å². The van der Waals surface area contributed by atoms with E-state index in [9.17, 15) is 22.8 Å². The molecule has 3 N–H and O–H groups in total. The van der Waals surface area contributed by atoms with Crippen molar-refractivity contribution in [1.29, 1.82) is 0 Å². The summed E-state index contributed by atoms with van der Waals surface area (Å²) in [7, 11) is 1.57. The van der Waals surface area contributed by atoms with Crippen LogP contribution in [0.4, 0.5) is 13.2 Å². The van der Waals surface area contributed by atoms with Gasteiger partial charge in [-0.1, -0.05) is 36.4 Å². The summed E-state index contributed by atoms with van der Waals surface area (Å²) in [5, 5.41) is 11.5. The number of nitrogens with two attached hydrogens (primary N) is 1. The van der Waals surface area contributed by atoms with Gasteiger partial charge in [-0.05, 0) is 79.0 Å². The Morgan fingerprint density at radius 3 is 2.15 bits per heavy atom. The number of fused-ring (bicyclic) bond motifs is 1. The van der Waals surface area contributed by atoms with Crippen LogP contribution in [0.1, 0.15) is 28.9 Å². The van der Waals surface area contributed by atoms with Crippen molar-refractivity contribution in [1.82, 2.24) is 24.2 Å². The number of carboxylic acids is 1. The van der Waals surface area contributed by atoms with Crippen LogP contribution in [0, 0.1) is 0 Å². The summed E-state index contributed by atoms with van der Waals surface area (Å²) in [5.74, 6) is -2.86. The molecule has 0 radical (unpaired) electrons. The monoisotopic (exact) mass is 634 g/mol. The van der Waals surface area contributed by atoms with E-state index in [1.165, 1.54) is 39.5 Å². The molecule has 1 amide bonds. The number of likely N-dealkylation sites (tertiary alicyclic amines) is 1. The molecule has 46 heavy (non-hydrogen) atoms. The number of primary amides is 1. The number of carbonyl (C=O) groups is 2. The molecule has 0 unspecified atom stereocenters. The smallest absolute Gasteiger partial charge is 0.490 e. The van der Waals surface area contributed by atoms with Crippen molar-refractivity contribution in [2.24, 2.45) is 5.73 Å². The third kappa shape index (κ3) is 6.76. The Bertz CT molecular complexity index is 1930. The molecular weight excluding hydrogens is 605 g/mol. The predicted molar refractivity (Wildman–Crippen MR) is 163 cm³/mol. The van der Waals surface area contributed by atoms with Crippen molar-refractivity contribution in [3.8, 4) is 28.3 Å². The zero-order chi connectivity index (χ0) is 33.0. The first kappa shape index (κ1) is 31.9. The maximum absolute atomic E-state index is 13.8. The molecular formula is C32H29F3N6O5. The molecule has 0 saturated carbocycles. The molecule has 0 atom stereocenters. The van der Waals surface area contributed by atoms with Gasteiger partial charge in [-0.3, -0.25) is 19.1 Å². The fourth-order valence-corrected chi connectivity index (χ4v) is 5.19. The Morgan fingerprint density at radius 1 is 0.957 bits per heavy atom. The van der Waals surface area contributed by atoms with Crippen molar-refractivity contribution < 1.29 is 32.6 Å². The molecule has 5 aromatic rings. The highest BCUT2D eigenvalue weighted by molar-refractivity contribution is 6.02. The number of hydrogen-bond acceptors (Lipinski definition) is 7. The van der Waals surface area contributed by atoms with Crippen molar-refractivity contribution in [2.75, 3.05) is 20.2 Å². The molecule has 11 nitrogen and oxygen atoms in total. The van der Waals surface area contributed by atoms with Gasteiger partial charge in [0.25, 0.3) is 11.5 Å². The number of amides is 1. The van der Waals surface area contributed by atoms with Crippen LogP contribution in [0.2, 0.25) is 0 Å². The summed E-state index contributed by atoms with van der Waals surface area (Å²) < 4.78 is 39.8. The number of aromatic nitrogens is 4. The Labute approximate surface area is 260 Å². The molecule has 1 fully saturated rings. The molecule has 3 heterocycles. The van der Waals surface area contributed by atoms with Gasteiger partial charge < -0.3 is 15.6 Å². The molecule has 1 aliphatic heterocycles. The third-order valence-corrected chi connectivity index (χ3v) is 7.44. The third-order valence-electron chi connectivity index (χ3n) is 7.44. The van der Waals surface area contributed by atoms with Crippen LogP contribution in [-0.4, -0.2) is 67.6 Å². The summed E-state index contributed by atoms with van der Waals surface area (Å²) in [6.07, 6.45) is -1.17. The van der Waals surface area contributed by atoms with Crippen LogP contribution >= 0.6 is 0 Å². The van der Waals surface area contributed by atoms with E-state index in [0.29, 0.717) is 17.1 Å². The number of methoxy groups -OCH3 is 1. The van der Waals surface area contributed by atoms with E-state index >= 15 is 0 Å². The molecule has 3 aromatic carbocycles. The highest BCUT2D eigenvalue weighted by Crippen LogP contribution is 2.27. The lowest BCUT2D eigenvalue weighted by Gasteiger charge is -2.18. The van der Waals surface area contributed by atoms with Gasteiger partial charge >= 0.3 is 12.1 Å². The van der Waals surface area contributed by atoms with E-state index in [0.717, 1.165) is 25.2 Å². The fraction of sp³-hybridized carbons (Fsp3) is 0.219. The number of alkyl halides is 3. The minimum absolute atomic E-state index is 0.0602. The SMILES string of the molecule is COc1ccc(-n2nc(C(N)=O)c3ncn(-c4ccc(-c5ccccc5CN5CCCC5)cc4)c(=O)c32)cc1.O=C(O)C(F)(F)F. The number of benzene rings is 3. The van der Waals surface area contributed by atoms with Gasteiger partial charge in [0, 0.05) is 6.54 Å². The predicted octanol–water partition coefficient (Wildman–Crippen LogP) is 4.58. The van der Waals surface area contributed by atoms with Crippen LogP contribution in [0.3, 0.4) is 0 Å². The molecule has 0 aliphatic carbocycles. The number of carbonyl (C=O) groups excluding carboxylic acids is 1. The highest BCUT2D eigenvalue weighted by Gasteiger charge is 2.38. The topological polar surface area (TPSA) is 146 Å². The lowest BCUT2D eigenvalue weighted by atomic mass is 9.99. The van der Waals surface area contributed by atoms with Gasteiger partial charge in [0.2, 0.25) is 0 Å². The lowest BCUT2D eigenvalue weighted by Crippen LogP contribution is -2.21. The van der Waals surface area contributed by atoms with Crippen molar-refractivity contribution in [3.05, 3.63) is 101 Å². The fourth-order valence-electron chi connectivity index (χ4n) is 5.19. The van der Waals surface area contributed by atoms with Gasteiger partial charge in [-0.2, -0.15) is 18.3 Å². The number of hydrogen-bond donors (Lipinski definition) is 2. The Kier molecular flexibility index (Phi) is 9.18. The second-order valence-corrected chi connectivity index (χ2v) is 10.4. The number of nitrogens with zero attached hydrogens (tertiary/aromatic N) is 5. The second-order valence-electron chi connectivity index (χ2n) is 10.4. The maximum atomic E-state index is 13.8. The highest BCUT2D eigenvalue weighted by atomic mass is 19.4. The molecule has 14 heteroatoms. The molecule has 1 saturated heterocycles. The molecule has 238 valence electrons. The van der Waals surface area contributed by atoms with Gasteiger partial charge in [-0.25, -0.2) is 14.5 Å². The zero-order valence-corrected chi connectivity index (χ0v) is 24.6. The Morgan fingerprint density at radius 2 is 1.57 bits per heavy atom. The number of ether oxygens (including phenoxy) is 1. The van der Waals surface area contributed by atoms with E-state index in [-0.39, 0.29) is 22.3 Å². The summed E-state index contributed by atoms with van der Waals surface area (Å²) >= 11 is 0. The largest absolute Gasteiger partial charge is 0.497 e. The van der Waals surface area contributed by atoms with Crippen molar-refractivity contribution in [2.45, 2.75) is 25.6 Å². The van der Waals surface area contributed by atoms with E-state index in [1.807, 2.05) is 24.3 Å².